The molecule has 5 nitrogen and oxygen atoms in total. The molecule has 0 saturated heterocycles. The number of thiazole rings is 1. The first-order valence-electron chi connectivity index (χ1n) is 7.89. The van der Waals surface area contributed by atoms with Gasteiger partial charge in [-0.3, -0.25) is 4.79 Å². The molecule has 8 heteroatoms. The molecule has 0 fully saturated rings. The summed E-state index contributed by atoms with van der Waals surface area (Å²) in [6.07, 6.45) is -2.51. The van der Waals surface area contributed by atoms with Crippen LogP contribution in [0.25, 0.3) is 10.2 Å². The maximum absolute atomic E-state index is 12.1. The van der Waals surface area contributed by atoms with Crippen molar-refractivity contribution in [3.8, 4) is 0 Å². The molecule has 0 saturated carbocycles. The predicted molar refractivity (Wildman–Crippen MR) is 104 cm³/mol. The Balaban J connectivity index is 1.58. The van der Waals surface area contributed by atoms with E-state index in [-0.39, 0.29) is 6.54 Å². The second-order valence-corrected chi connectivity index (χ2v) is 7.59. The molecule has 0 bridgehead atoms. The van der Waals surface area contributed by atoms with Crippen molar-refractivity contribution in [1.82, 2.24) is 10.3 Å². The van der Waals surface area contributed by atoms with Crippen LogP contribution in [0.15, 0.2) is 42.5 Å². The molecule has 136 valence electrons. The zero-order valence-corrected chi connectivity index (χ0v) is 15.9. The quantitative estimate of drug-likeness (QED) is 0.581. The summed E-state index contributed by atoms with van der Waals surface area (Å²) in [5.41, 5.74) is 1.55. The number of para-hydroxylation sites is 1. The van der Waals surface area contributed by atoms with E-state index in [4.69, 9.17) is 23.2 Å². The van der Waals surface area contributed by atoms with Crippen molar-refractivity contribution < 1.29 is 15.0 Å². The Morgan fingerprint density at radius 1 is 1.19 bits per heavy atom. The fraction of sp³-hybridized carbons (Fsp3) is 0.222. The van der Waals surface area contributed by atoms with Crippen LogP contribution >= 0.6 is 34.5 Å². The molecule has 3 rings (SSSR count). The lowest BCUT2D eigenvalue weighted by molar-refractivity contribution is -0.135. The number of halogens is 2. The number of carbonyl (C=O) groups excluding carboxylic acids is 1. The molecule has 3 N–H and O–H groups in total. The van der Waals surface area contributed by atoms with Gasteiger partial charge in [0.05, 0.1) is 10.2 Å². The standard InChI is InChI=1S/C18H16Cl2N2O3S/c19-11-6-5-10(12(20)9-11)7-8-21-17(25)15(23)16(24)18-22-13-3-1-2-4-14(13)26-18/h1-6,9,15-16,23-24H,7-8H2,(H,21,25). The number of carbonyl (C=O) groups is 1. The average molecular weight is 411 g/mol. The SMILES string of the molecule is O=C(NCCc1ccc(Cl)cc1Cl)C(O)C(O)c1nc2ccccc2s1. The Morgan fingerprint density at radius 2 is 1.96 bits per heavy atom. The van der Waals surface area contributed by atoms with Gasteiger partial charge in [-0.1, -0.05) is 41.4 Å². The number of rotatable bonds is 6. The van der Waals surface area contributed by atoms with Crippen LogP contribution < -0.4 is 5.32 Å². The third kappa shape index (κ3) is 4.34. The number of aromatic nitrogens is 1. The van der Waals surface area contributed by atoms with Crippen LogP contribution in [-0.4, -0.2) is 33.8 Å². The predicted octanol–water partition coefficient (Wildman–Crippen LogP) is 3.36. The van der Waals surface area contributed by atoms with Gasteiger partial charge in [0, 0.05) is 16.6 Å². The summed E-state index contributed by atoms with van der Waals surface area (Å²) in [5, 5.41) is 24.3. The van der Waals surface area contributed by atoms with Crippen molar-refractivity contribution in [3.05, 3.63) is 63.1 Å². The van der Waals surface area contributed by atoms with Gasteiger partial charge in [0.25, 0.3) is 5.91 Å². The van der Waals surface area contributed by atoms with E-state index in [1.807, 2.05) is 24.3 Å². The highest BCUT2D eigenvalue weighted by atomic mass is 35.5. The van der Waals surface area contributed by atoms with Crippen LogP contribution in [0.4, 0.5) is 0 Å². The van der Waals surface area contributed by atoms with E-state index in [1.165, 1.54) is 11.3 Å². The van der Waals surface area contributed by atoms with Gasteiger partial charge < -0.3 is 15.5 Å². The molecule has 0 spiro atoms. The van der Waals surface area contributed by atoms with Gasteiger partial charge >= 0.3 is 0 Å². The van der Waals surface area contributed by atoms with E-state index < -0.39 is 18.1 Å². The minimum Gasteiger partial charge on any atom is -0.383 e. The summed E-state index contributed by atoms with van der Waals surface area (Å²) in [7, 11) is 0. The first kappa shape index (κ1) is 19.1. The van der Waals surface area contributed by atoms with E-state index in [1.54, 1.807) is 18.2 Å². The molecule has 3 aromatic rings. The Bertz CT molecular complexity index is 899. The van der Waals surface area contributed by atoms with E-state index in [0.29, 0.717) is 21.5 Å². The Kier molecular flexibility index (Phi) is 6.11. The van der Waals surface area contributed by atoms with Crippen molar-refractivity contribution in [2.24, 2.45) is 0 Å². The summed E-state index contributed by atoms with van der Waals surface area (Å²) >= 11 is 13.2. The molecule has 26 heavy (non-hydrogen) atoms. The first-order chi connectivity index (χ1) is 12.5. The summed E-state index contributed by atoms with van der Waals surface area (Å²) in [6, 6.07) is 12.5. The van der Waals surface area contributed by atoms with E-state index in [2.05, 4.69) is 10.3 Å². The molecule has 0 aliphatic heterocycles. The normalized spacial score (nSPS) is 13.5. The second-order valence-electron chi connectivity index (χ2n) is 5.69. The maximum Gasteiger partial charge on any atom is 0.252 e. The van der Waals surface area contributed by atoms with Gasteiger partial charge in [0.15, 0.2) is 6.10 Å². The third-order valence-corrected chi connectivity index (χ3v) is 5.53. The number of nitrogens with zero attached hydrogens (tertiary/aromatic N) is 1. The van der Waals surface area contributed by atoms with Crippen molar-refractivity contribution in [2.75, 3.05) is 6.54 Å². The number of aliphatic hydroxyl groups excluding tert-OH is 2. The van der Waals surface area contributed by atoms with E-state index >= 15 is 0 Å². The van der Waals surface area contributed by atoms with Crippen molar-refractivity contribution in [1.29, 1.82) is 0 Å². The molecule has 1 aromatic heterocycles. The van der Waals surface area contributed by atoms with Gasteiger partial charge in [-0.05, 0) is 36.2 Å². The van der Waals surface area contributed by atoms with Crippen LogP contribution in [0, 0.1) is 0 Å². The molecule has 1 heterocycles. The smallest absolute Gasteiger partial charge is 0.252 e. The van der Waals surface area contributed by atoms with Crippen molar-refractivity contribution in [3.63, 3.8) is 0 Å². The Hall–Kier alpha value is -1.70. The molecular formula is C18H16Cl2N2O3S. The van der Waals surface area contributed by atoms with Gasteiger partial charge in [-0.25, -0.2) is 4.98 Å². The summed E-state index contributed by atoms with van der Waals surface area (Å²) in [4.78, 5) is 16.4. The topological polar surface area (TPSA) is 82.5 Å². The first-order valence-corrected chi connectivity index (χ1v) is 9.46. The zero-order valence-electron chi connectivity index (χ0n) is 13.5. The number of nitrogens with one attached hydrogen (secondary N) is 1. The molecule has 2 atom stereocenters. The van der Waals surface area contributed by atoms with Gasteiger partial charge in [-0.2, -0.15) is 0 Å². The van der Waals surface area contributed by atoms with Crippen LogP contribution in [0.2, 0.25) is 10.0 Å². The van der Waals surface area contributed by atoms with Crippen LogP contribution in [0.5, 0.6) is 0 Å². The molecule has 0 aliphatic carbocycles. The number of hydrogen-bond acceptors (Lipinski definition) is 5. The minimum absolute atomic E-state index is 0.268. The lowest BCUT2D eigenvalue weighted by Crippen LogP contribution is -2.39. The highest BCUT2D eigenvalue weighted by Crippen LogP contribution is 2.28. The number of aliphatic hydroxyl groups is 2. The molecule has 0 aliphatic rings. The molecule has 2 aromatic carbocycles. The Morgan fingerprint density at radius 3 is 2.69 bits per heavy atom. The lowest BCUT2D eigenvalue weighted by Gasteiger charge is -2.15. The van der Waals surface area contributed by atoms with Crippen molar-refractivity contribution in [2.45, 2.75) is 18.6 Å². The highest BCUT2D eigenvalue weighted by molar-refractivity contribution is 7.18. The summed E-state index contributed by atoms with van der Waals surface area (Å²) < 4.78 is 0.881. The Labute approximate surface area is 164 Å². The van der Waals surface area contributed by atoms with Crippen molar-refractivity contribution >= 4 is 50.7 Å². The molecule has 1 amide bonds. The lowest BCUT2D eigenvalue weighted by atomic mass is 10.1. The fourth-order valence-electron chi connectivity index (χ4n) is 2.44. The van der Waals surface area contributed by atoms with E-state index in [9.17, 15) is 15.0 Å². The zero-order chi connectivity index (χ0) is 18.7. The average Bonchev–Trinajstić information content (AvgIpc) is 3.06. The van der Waals surface area contributed by atoms with Gasteiger partial charge in [-0.15, -0.1) is 11.3 Å². The minimum atomic E-state index is -1.60. The van der Waals surface area contributed by atoms with Gasteiger partial charge in [0.1, 0.15) is 11.1 Å². The highest BCUT2D eigenvalue weighted by Gasteiger charge is 2.28. The monoisotopic (exact) mass is 410 g/mol. The second kappa shape index (κ2) is 8.33. The molecule has 0 radical (unpaired) electrons. The van der Waals surface area contributed by atoms with Gasteiger partial charge in [0.2, 0.25) is 0 Å². The summed E-state index contributed by atoms with van der Waals surface area (Å²) in [5.74, 6) is -0.665. The van der Waals surface area contributed by atoms with Crippen LogP contribution in [0.3, 0.4) is 0 Å². The van der Waals surface area contributed by atoms with E-state index in [0.717, 1.165) is 15.8 Å². The molecule has 2 unspecified atom stereocenters. The number of amides is 1. The molecular weight excluding hydrogens is 395 g/mol. The maximum atomic E-state index is 12.1. The fourth-order valence-corrected chi connectivity index (χ4v) is 3.93. The number of fused-ring (bicyclic) bond motifs is 1. The van der Waals surface area contributed by atoms with Crippen LogP contribution in [0.1, 0.15) is 16.7 Å². The van der Waals surface area contributed by atoms with Crippen LogP contribution in [-0.2, 0) is 11.2 Å². The third-order valence-electron chi connectivity index (χ3n) is 3.84. The number of hydrogen-bond donors (Lipinski definition) is 3. The number of benzene rings is 2. The summed E-state index contributed by atoms with van der Waals surface area (Å²) in [6.45, 7) is 0.268. The largest absolute Gasteiger partial charge is 0.383 e.